The zero-order chi connectivity index (χ0) is 22.4. The Morgan fingerprint density at radius 2 is 1.94 bits per heavy atom. The van der Waals surface area contributed by atoms with E-state index in [9.17, 15) is 13.2 Å². The molecule has 0 saturated carbocycles. The van der Waals surface area contributed by atoms with Gasteiger partial charge in [-0.25, -0.2) is 28.1 Å². The second kappa shape index (κ2) is 7.79. The van der Waals surface area contributed by atoms with E-state index in [-0.39, 0.29) is 42.2 Å². The molecule has 2 fully saturated rings. The number of nitrogens with one attached hydrogen (secondary N) is 1. The molecule has 0 aliphatic carbocycles. The largest absolute Gasteiger partial charge is 0.424 e. The van der Waals surface area contributed by atoms with Crippen molar-refractivity contribution in [3.8, 4) is 11.8 Å². The Kier molecular flexibility index (Phi) is 4.93. The predicted octanol–water partition coefficient (Wildman–Crippen LogP) is 3.13. The molecule has 0 amide bonds. The molecule has 2 aromatic heterocycles. The summed E-state index contributed by atoms with van der Waals surface area (Å²) in [6.45, 7) is 4.73. The first-order valence-electron chi connectivity index (χ1n) is 9.91. The number of rotatable bonds is 6. The van der Waals surface area contributed by atoms with Crippen LogP contribution in [0.4, 0.5) is 24.9 Å². The fraction of sp³-hybridized carbons (Fsp3) is 0.300. The number of anilines is 2. The maximum absolute atomic E-state index is 13.4. The average molecular weight is 444 g/mol. The Balaban J connectivity index is 1.30. The summed E-state index contributed by atoms with van der Waals surface area (Å²) in [5.41, 5.74) is 0.891. The molecule has 1 N–H and O–H groups in total. The van der Waals surface area contributed by atoms with Gasteiger partial charge in [-0.1, -0.05) is 0 Å². The maximum atomic E-state index is 13.4. The predicted molar refractivity (Wildman–Crippen MR) is 110 cm³/mol. The molecule has 32 heavy (non-hydrogen) atoms. The van der Waals surface area contributed by atoms with Crippen LogP contribution in [0.1, 0.15) is 12.6 Å². The Morgan fingerprint density at radius 3 is 2.62 bits per heavy atom. The van der Waals surface area contributed by atoms with Gasteiger partial charge in [0.25, 0.3) is 0 Å². The van der Waals surface area contributed by atoms with Gasteiger partial charge in [-0.3, -0.25) is 5.01 Å². The van der Waals surface area contributed by atoms with Gasteiger partial charge in [0, 0.05) is 36.0 Å². The molecule has 0 radical (unpaired) electrons. The van der Waals surface area contributed by atoms with Crippen LogP contribution in [0.25, 0.3) is 6.20 Å². The van der Waals surface area contributed by atoms with Crippen LogP contribution in [0.5, 0.6) is 11.8 Å². The van der Waals surface area contributed by atoms with Crippen molar-refractivity contribution >= 4 is 18.0 Å². The number of fused-ring (bicyclic) bond motifs is 1. The van der Waals surface area contributed by atoms with Gasteiger partial charge in [0.2, 0.25) is 5.95 Å². The van der Waals surface area contributed by atoms with Crippen LogP contribution >= 0.6 is 0 Å². The SMILES string of the molecule is Cc1cc(N2CC3C(Nc4nc(Oc5cc(F)cc(F)c5)n(/C=C/F)n4)[C@H](C)N32)ncn1. The lowest BCUT2D eigenvalue weighted by molar-refractivity contribution is -0.0719. The van der Waals surface area contributed by atoms with Gasteiger partial charge < -0.3 is 10.1 Å². The summed E-state index contributed by atoms with van der Waals surface area (Å²) in [5.74, 6) is -0.673. The Morgan fingerprint density at radius 1 is 1.16 bits per heavy atom. The molecule has 4 heterocycles. The number of halogens is 3. The van der Waals surface area contributed by atoms with Crippen molar-refractivity contribution in [2.45, 2.75) is 32.0 Å². The minimum atomic E-state index is -0.803. The van der Waals surface area contributed by atoms with Gasteiger partial charge in [0.05, 0.1) is 24.8 Å². The minimum Gasteiger partial charge on any atom is -0.424 e. The molecular weight excluding hydrogens is 425 g/mol. The third-order valence-corrected chi connectivity index (χ3v) is 5.52. The van der Waals surface area contributed by atoms with Crippen molar-refractivity contribution in [2.75, 3.05) is 16.9 Å². The smallest absolute Gasteiger partial charge is 0.326 e. The van der Waals surface area contributed by atoms with E-state index >= 15 is 0 Å². The summed E-state index contributed by atoms with van der Waals surface area (Å²) in [6, 6.07) is 4.88. The molecule has 2 aliphatic heterocycles. The lowest BCUT2D eigenvalue weighted by atomic mass is 9.85. The summed E-state index contributed by atoms with van der Waals surface area (Å²) in [5, 5.41) is 11.7. The molecule has 166 valence electrons. The van der Waals surface area contributed by atoms with E-state index in [1.807, 2.05) is 13.0 Å². The highest BCUT2D eigenvalue weighted by Crippen LogP contribution is 2.40. The van der Waals surface area contributed by atoms with Gasteiger partial charge in [-0.15, -0.1) is 5.10 Å². The van der Waals surface area contributed by atoms with E-state index in [0.717, 1.165) is 47.1 Å². The number of benzene rings is 1. The van der Waals surface area contributed by atoms with Gasteiger partial charge in [-0.05, 0) is 13.8 Å². The average Bonchev–Trinajstić information content (AvgIpc) is 3.07. The van der Waals surface area contributed by atoms with E-state index in [2.05, 4.69) is 42.3 Å². The van der Waals surface area contributed by atoms with Gasteiger partial charge in [-0.2, -0.15) is 9.67 Å². The lowest BCUT2D eigenvalue weighted by Gasteiger charge is -2.66. The van der Waals surface area contributed by atoms with Crippen molar-refractivity contribution in [1.29, 1.82) is 0 Å². The van der Waals surface area contributed by atoms with Crippen LogP contribution in [0.3, 0.4) is 0 Å². The highest BCUT2D eigenvalue weighted by Gasteiger charge is 2.57. The van der Waals surface area contributed by atoms with E-state index < -0.39 is 11.6 Å². The van der Waals surface area contributed by atoms with Gasteiger partial charge in [0.1, 0.15) is 35.9 Å². The van der Waals surface area contributed by atoms with Crippen LogP contribution in [0.2, 0.25) is 0 Å². The molecule has 9 nitrogen and oxygen atoms in total. The molecule has 2 aliphatic rings. The highest BCUT2D eigenvalue weighted by atomic mass is 19.1. The number of hydrogen-bond acceptors (Lipinski definition) is 8. The molecule has 1 aromatic carbocycles. The van der Waals surface area contributed by atoms with Crippen LogP contribution in [0, 0.1) is 18.6 Å². The monoisotopic (exact) mass is 444 g/mol. The number of ether oxygens (including phenoxy) is 1. The fourth-order valence-corrected chi connectivity index (χ4v) is 4.06. The topological polar surface area (TPSA) is 84.2 Å². The van der Waals surface area contributed by atoms with E-state index in [4.69, 9.17) is 4.74 Å². The second-order valence-corrected chi connectivity index (χ2v) is 7.60. The number of aromatic nitrogens is 5. The minimum absolute atomic E-state index is 0.0406. The van der Waals surface area contributed by atoms with Crippen molar-refractivity contribution in [3.63, 3.8) is 0 Å². The van der Waals surface area contributed by atoms with Gasteiger partial charge >= 0.3 is 6.01 Å². The molecule has 0 spiro atoms. The van der Waals surface area contributed by atoms with E-state index in [0.29, 0.717) is 0 Å². The first-order chi connectivity index (χ1) is 15.4. The zero-order valence-electron chi connectivity index (χ0n) is 17.2. The third-order valence-electron chi connectivity index (χ3n) is 5.52. The van der Waals surface area contributed by atoms with E-state index in [1.54, 1.807) is 6.33 Å². The first kappa shape index (κ1) is 20.2. The van der Waals surface area contributed by atoms with E-state index in [1.165, 1.54) is 0 Å². The van der Waals surface area contributed by atoms with Gasteiger partial charge in [0.15, 0.2) is 0 Å². The number of aryl methyl sites for hydroxylation is 1. The van der Waals surface area contributed by atoms with Crippen LogP contribution in [-0.4, -0.2) is 54.4 Å². The number of nitrogens with zero attached hydrogens (tertiary/aromatic N) is 7. The molecular formula is C20H19F3N8O. The summed E-state index contributed by atoms with van der Waals surface area (Å²) >= 11 is 0. The molecule has 3 atom stereocenters. The van der Waals surface area contributed by atoms with Crippen molar-refractivity contribution in [1.82, 2.24) is 29.7 Å². The highest BCUT2D eigenvalue weighted by molar-refractivity contribution is 5.46. The summed E-state index contributed by atoms with van der Waals surface area (Å²) in [6.07, 6.45) is 2.79. The summed E-state index contributed by atoms with van der Waals surface area (Å²) in [4.78, 5) is 12.7. The maximum Gasteiger partial charge on any atom is 0.326 e. The second-order valence-electron chi connectivity index (χ2n) is 7.60. The molecule has 3 aromatic rings. The normalized spacial score (nSPS) is 22.4. The van der Waals surface area contributed by atoms with Crippen LogP contribution in [-0.2, 0) is 0 Å². The Labute approximate surface area is 181 Å². The molecule has 0 bridgehead atoms. The van der Waals surface area contributed by atoms with Crippen LogP contribution in [0.15, 0.2) is 36.9 Å². The van der Waals surface area contributed by atoms with Crippen molar-refractivity contribution in [3.05, 3.63) is 54.3 Å². The first-order valence-corrected chi connectivity index (χ1v) is 9.91. The third kappa shape index (κ3) is 3.51. The van der Waals surface area contributed by atoms with Crippen molar-refractivity contribution in [2.24, 2.45) is 0 Å². The molecule has 2 saturated heterocycles. The molecule has 12 heteroatoms. The summed E-state index contributed by atoms with van der Waals surface area (Å²) in [7, 11) is 0. The number of hydrogen-bond donors (Lipinski definition) is 1. The number of hydrazine groups is 1. The quantitative estimate of drug-likeness (QED) is 0.621. The van der Waals surface area contributed by atoms with Crippen LogP contribution < -0.4 is 15.1 Å². The fourth-order valence-electron chi connectivity index (χ4n) is 4.06. The summed E-state index contributed by atoms with van der Waals surface area (Å²) < 4.78 is 46.2. The molecule has 2 unspecified atom stereocenters. The molecule has 5 rings (SSSR count). The zero-order valence-corrected chi connectivity index (χ0v) is 17.2. The lowest BCUT2D eigenvalue weighted by Crippen LogP contribution is -2.85. The Hall–Kier alpha value is -3.67. The Bertz CT molecular complexity index is 1160. The standard InChI is InChI=1S/C20H19F3N8O/c1-11-5-17(25-10-24-11)30-9-16-18(12(2)31(16)30)26-19-27-20(29(28-19)4-3-21)32-15-7-13(22)6-14(23)8-15/h3-8,10,12,16,18H,9H2,1-2H3,(H,26,28)/b4-3+/t12-,16?,18?/m0/s1. The van der Waals surface area contributed by atoms with Crippen molar-refractivity contribution < 1.29 is 17.9 Å².